The van der Waals surface area contributed by atoms with Gasteiger partial charge in [-0.3, -0.25) is 4.79 Å². The van der Waals surface area contributed by atoms with E-state index in [1.54, 1.807) is 0 Å². The summed E-state index contributed by atoms with van der Waals surface area (Å²) < 4.78 is 5.64. The van der Waals surface area contributed by atoms with Crippen LogP contribution in [0.15, 0.2) is 0 Å². The number of hydrogen-bond donors (Lipinski definition) is 2. The number of carboxylic acid groups (broad SMARTS) is 1. The van der Waals surface area contributed by atoms with Gasteiger partial charge in [0.05, 0.1) is 6.10 Å². The maximum absolute atomic E-state index is 12.2. The zero-order chi connectivity index (χ0) is 14.5. The van der Waals surface area contributed by atoms with Crippen molar-refractivity contribution >= 4 is 11.9 Å². The molecule has 2 atom stereocenters. The molecule has 0 bridgehead atoms. The van der Waals surface area contributed by atoms with Crippen molar-refractivity contribution in [3.63, 3.8) is 0 Å². The topological polar surface area (TPSA) is 78.9 Å². The van der Waals surface area contributed by atoms with Crippen LogP contribution in [0, 0.1) is 5.92 Å². The van der Waals surface area contributed by atoms with E-state index in [0.29, 0.717) is 6.54 Å². The van der Waals surface area contributed by atoms with E-state index in [0.717, 1.165) is 38.8 Å². The fraction of sp³-hybridized carbons (Fsp3) is 0.857. The molecule has 1 amide bonds. The third-order valence-electron chi connectivity index (χ3n) is 4.24. The van der Waals surface area contributed by atoms with Crippen LogP contribution in [0.2, 0.25) is 0 Å². The van der Waals surface area contributed by atoms with Crippen LogP contribution in [0.5, 0.6) is 0 Å². The minimum absolute atomic E-state index is 0.00116. The van der Waals surface area contributed by atoms with E-state index < -0.39 is 12.0 Å². The predicted octanol–water partition coefficient (Wildman–Crippen LogP) is 0.467. The minimum Gasteiger partial charge on any atom is -0.480 e. The van der Waals surface area contributed by atoms with Gasteiger partial charge >= 0.3 is 5.97 Å². The Morgan fingerprint density at radius 1 is 1.30 bits per heavy atom. The van der Waals surface area contributed by atoms with Crippen LogP contribution in [0.4, 0.5) is 0 Å². The van der Waals surface area contributed by atoms with E-state index in [4.69, 9.17) is 4.74 Å². The number of carbonyl (C=O) groups is 2. The van der Waals surface area contributed by atoms with Crippen molar-refractivity contribution in [3.8, 4) is 0 Å². The minimum atomic E-state index is -0.910. The number of amides is 1. The molecule has 2 aliphatic heterocycles. The molecule has 0 spiro atoms. The van der Waals surface area contributed by atoms with Crippen molar-refractivity contribution < 1.29 is 19.4 Å². The van der Waals surface area contributed by atoms with E-state index in [1.807, 2.05) is 6.92 Å². The van der Waals surface area contributed by atoms with Crippen LogP contribution in [-0.4, -0.2) is 60.3 Å². The Kier molecular flexibility index (Phi) is 5.37. The summed E-state index contributed by atoms with van der Waals surface area (Å²) in [7, 11) is 0. The van der Waals surface area contributed by atoms with Gasteiger partial charge in [0.15, 0.2) is 0 Å². The SMILES string of the molecule is CC1CCCN(C(=O)COC2CCNCC2)C1C(=O)O. The first-order valence-corrected chi connectivity index (χ1v) is 7.44. The van der Waals surface area contributed by atoms with Gasteiger partial charge in [-0.2, -0.15) is 0 Å². The normalized spacial score (nSPS) is 28.4. The van der Waals surface area contributed by atoms with Crippen molar-refractivity contribution in [2.45, 2.75) is 44.8 Å². The lowest BCUT2D eigenvalue weighted by Gasteiger charge is -2.37. The maximum atomic E-state index is 12.2. The number of carboxylic acids is 1. The highest BCUT2D eigenvalue weighted by molar-refractivity contribution is 5.84. The standard InChI is InChI=1S/C14H24N2O4/c1-10-3-2-8-16(13(10)14(18)19)12(17)9-20-11-4-6-15-7-5-11/h10-11,13,15H,2-9H2,1H3,(H,18,19). The summed E-state index contributed by atoms with van der Waals surface area (Å²) in [6, 6.07) is -0.701. The second kappa shape index (κ2) is 7.04. The molecule has 2 heterocycles. The van der Waals surface area contributed by atoms with Gasteiger partial charge in [-0.15, -0.1) is 0 Å². The first-order chi connectivity index (χ1) is 9.59. The number of nitrogens with zero attached hydrogens (tertiary/aromatic N) is 1. The third-order valence-corrected chi connectivity index (χ3v) is 4.24. The number of carbonyl (C=O) groups excluding carboxylic acids is 1. The smallest absolute Gasteiger partial charge is 0.326 e. The monoisotopic (exact) mass is 284 g/mol. The summed E-state index contributed by atoms with van der Waals surface area (Å²) in [5.74, 6) is -1.10. The van der Waals surface area contributed by atoms with Crippen LogP contribution < -0.4 is 5.32 Å². The van der Waals surface area contributed by atoms with Crippen LogP contribution in [0.1, 0.15) is 32.6 Å². The molecule has 2 rings (SSSR count). The molecule has 114 valence electrons. The third kappa shape index (κ3) is 3.70. The van der Waals surface area contributed by atoms with Crippen molar-refractivity contribution in [1.82, 2.24) is 10.2 Å². The fourth-order valence-electron chi connectivity index (χ4n) is 3.08. The Labute approximate surface area is 119 Å². The zero-order valence-electron chi connectivity index (χ0n) is 12.0. The van der Waals surface area contributed by atoms with Crippen LogP contribution in [0.25, 0.3) is 0 Å². The lowest BCUT2D eigenvalue weighted by atomic mass is 9.91. The zero-order valence-corrected chi connectivity index (χ0v) is 12.0. The Morgan fingerprint density at radius 3 is 2.65 bits per heavy atom. The quantitative estimate of drug-likeness (QED) is 0.784. The van der Waals surface area contributed by atoms with Gasteiger partial charge in [-0.25, -0.2) is 4.79 Å². The van der Waals surface area contributed by atoms with Gasteiger partial charge in [0.25, 0.3) is 0 Å². The van der Waals surface area contributed by atoms with E-state index in [-0.39, 0.29) is 24.5 Å². The molecule has 6 nitrogen and oxygen atoms in total. The fourth-order valence-corrected chi connectivity index (χ4v) is 3.08. The summed E-state index contributed by atoms with van der Waals surface area (Å²) >= 11 is 0. The largest absolute Gasteiger partial charge is 0.480 e. The molecule has 0 saturated carbocycles. The van der Waals surface area contributed by atoms with Gasteiger partial charge in [0.1, 0.15) is 12.6 Å². The van der Waals surface area contributed by atoms with E-state index in [2.05, 4.69) is 5.32 Å². The average molecular weight is 284 g/mol. The van der Waals surface area contributed by atoms with Crippen molar-refractivity contribution in [1.29, 1.82) is 0 Å². The highest BCUT2D eigenvalue weighted by Crippen LogP contribution is 2.23. The van der Waals surface area contributed by atoms with E-state index in [9.17, 15) is 14.7 Å². The van der Waals surface area contributed by atoms with Crippen LogP contribution >= 0.6 is 0 Å². The highest BCUT2D eigenvalue weighted by Gasteiger charge is 2.37. The Morgan fingerprint density at radius 2 is 2.00 bits per heavy atom. The molecule has 0 aliphatic carbocycles. The van der Waals surface area contributed by atoms with Crippen molar-refractivity contribution in [3.05, 3.63) is 0 Å². The lowest BCUT2D eigenvalue weighted by molar-refractivity contribution is -0.157. The Balaban J connectivity index is 1.87. The number of ether oxygens (including phenoxy) is 1. The van der Waals surface area contributed by atoms with E-state index in [1.165, 1.54) is 4.90 Å². The van der Waals surface area contributed by atoms with E-state index >= 15 is 0 Å². The molecule has 2 N–H and O–H groups in total. The summed E-state index contributed by atoms with van der Waals surface area (Å²) in [6.45, 7) is 4.25. The van der Waals surface area contributed by atoms with Gasteiger partial charge in [0.2, 0.25) is 5.91 Å². The molecule has 0 radical (unpaired) electrons. The number of nitrogens with one attached hydrogen (secondary N) is 1. The molecule has 2 saturated heterocycles. The van der Waals surface area contributed by atoms with Crippen molar-refractivity contribution in [2.75, 3.05) is 26.2 Å². The summed E-state index contributed by atoms with van der Waals surface area (Å²) in [5.41, 5.74) is 0. The second-order valence-corrected chi connectivity index (χ2v) is 5.75. The van der Waals surface area contributed by atoms with Gasteiger partial charge in [-0.05, 0) is 44.7 Å². The second-order valence-electron chi connectivity index (χ2n) is 5.75. The van der Waals surface area contributed by atoms with Gasteiger partial charge in [0, 0.05) is 6.54 Å². The molecular formula is C14H24N2O4. The number of piperidine rings is 2. The summed E-state index contributed by atoms with van der Waals surface area (Å²) in [4.78, 5) is 25.0. The number of likely N-dealkylation sites (tertiary alicyclic amines) is 1. The van der Waals surface area contributed by atoms with Gasteiger partial charge < -0.3 is 20.1 Å². The molecule has 0 aromatic rings. The summed E-state index contributed by atoms with van der Waals surface area (Å²) in [6.07, 6.45) is 3.66. The van der Waals surface area contributed by atoms with Crippen LogP contribution in [-0.2, 0) is 14.3 Å². The highest BCUT2D eigenvalue weighted by atomic mass is 16.5. The number of rotatable bonds is 4. The van der Waals surface area contributed by atoms with Crippen LogP contribution in [0.3, 0.4) is 0 Å². The molecule has 2 fully saturated rings. The average Bonchev–Trinajstić information content (AvgIpc) is 2.45. The molecule has 2 aliphatic rings. The molecular weight excluding hydrogens is 260 g/mol. The molecule has 6 heteroatoms. The Hall–Kier alpha value is -1.14. The first kappa shape index (κ1) is 15.3. The first-order valence-electron chi connectivity index (χ1n) is 7.44. The Bertz CT molecular complexity index is 355. The van der Waals surface area contributed by atoms with Gasteiger partial charge in [-0.1, -0.05) is 6.92 Å². The summed E-state index contributed by atoms with van der Waals surface area (Å²) in [5, 5.41) is 12.5. The maximum Gasteiger partial charge on any atom is 0.326 e. The molecule has 20 heavy (non-hydrogen) atoms. The number of aliphatic carboxylic acids is 1. The molecule has 0 aromatic heterocycles. The lowest BCUT2D eigenvalue weighted by Crippen LogP contribution is -2.53. The molecule has 0 aromatic carbocycles. The van der Waals surface area contributed by atoms with Crippen molar-refractivity contribution in [2.24, 2.45) is 5.92 Å². The number of hydrogen-bond acceptors (Lipinski definition) is 4. The predicted molar refractivity (Wildman–Crippen MR) is 73.4 cm³/mol. The molecule has 2 unspecified atom stereocenters.